The highest BCUT2D eigenvalue weighted by molar-refractivity contribution is 6.04. The molecule has 0 aliphatic heterocycles. The van der Waals surface area contributed by atoms with E-state index in [0.717, 1.165) is 0 Å². The Morgan fingerprint density at radius 3 is 2.62 bits per heavy atom. The number of benzene rings is 2. The SMILES string of the molecule is CC(=O)c1cccc(NC(=O)c2cc(-c3ccccc3O)on2)c1. The summed E-state index contributed by atoms with van der Waals surface area (Å²) in [5.74, 6) is -0.235. The zero-order chi connectivity index (χ0) is 17.1. The highest BCUT2D eigenvalue weighted by Gasteiger charge is 2.16. The van der Waals surface area contributed by atoms with Crippen LogP contribution in [0.15, 0.2) is 59.1 Å². The molecule has 3 aromatic rings. The van der Waals surface area contributed by atoms with Gasteiger partial charge in [-0.3, -0.25) is 9.59 Å². The molecule has 6 heteroatoms. The number of Topliss-reactive ketones (excluding diaryl/α,β-unsaturated/α-hetero) is 1. The molecule has 3 rings (SSSR count). The Hall–Kier alpha value is -3.41. The van der Waals surface area contributed by atoms with Crippen LogP contribution in [-0.4, -0.2) is 22.0 Å². The van der Waals surface area contributed by atoms with Crippen LogP contribution in [0.25, 0.3) is 11.3 Å². The normalized spacial score (nSPS) is 10.4. The van der Waals surface area contributed by atoms with Gasteiger partial charge in [0.25, 0.3) is 5.91 Å². The van der Waals surface area contributed by atoms with Crippen molar-refractivity contribution in [3.63, 3.8) is 0 Å². The lowest BCUT2D eigenvalue weighted by Crippen LogP contribution is -2.12. The zero-order valence-electron chi connectivity index (χ0n) is 12.8. The topological polar surface area (TPSA) is 92.4 Å². The van der Waals surface area contributed by atoms with Gasteiger partial charge in [-0.05, 0) is 31.2 Å². The summed E-state index contributed by atoms with van der Waals surface area (Å²) >= 11 is 0. The summed E-state index contributed by atoms with van der Waals surface area (Å²) in [5.41, 5.74) is 1.51. The number of rotatable bonds is 4. The number of hydrogen-bond acceptors (Lipinski definition) is 5. The Morgan fingerprint density at radius 2 is 1.88 bits per heavy atom. The van der Waals surface area contributed by atoms with Crippen molar-refractivity contribution in [3.8, 4) is 17.1 Å². The number of phenolic OH excluding ortho intramolecular Hbond substituents is 1. The molecule has 0 saturated heterocycles. The van der Waals surface area contributed by atoms with Crippen LogP contribution in [0.2, 0.25) is 0 Å². The molecule has 0 radical (unpaired) electrons. The quantitative estimate of drug-likeness (QED) is 0.717. The van der Waals surface area contributed by atoms with E-state index in [9.17, 15) is 14.7 Å². The van der Waals surface area contributed by atoms with Crippen molar-refractivity contribution in [1.82, 2.24) is 5.16 Å². The van der Waals surface area contributed by atoms with Crippen LogP contribution in [0.1, 0.15) is 27.8 Å². The van der Waals surface area contributed by atoms with Crippen molar-refractivity contribution < 1.29 is 19.2 Å². The second-order valence-electron chi connectivity index (χ2n) is 5.18. The summed E-state index contributed by atoms with van der Waals surface area (Å²) in [4.78, 5) is 23.6. The van der Waals surface area contributed by atoms with Gasteiger partial charge in [0.05, 0.1) is 5.56 Å². The second-order valence-corrected chi connectivity index (χ2v) is 5.18. The number of amides is 1. The predicted octanol–water partition coefficient (Wildman–Crippen LogP) is 3.50. The molecular weight excluding hydrogens is 308 g/mol. The summed E-state index contributed by atoms with van der Waals surface area (Å²) in [6.07, 6.45) is 0. The first-order chi connectivity index (χ1) is 11.5. The minimum absolute atomic E-state index is 0.0368. The Balaban J connectivity index is 1.81. The fraction of sp³-hybridized carbons (Fsp3) is 0.0556. The number of carbonyl (C=O) groups is 2. The number of nitrogens with one attached hydrogen (secondary N) is 1. The van der Waals surface area contributed by atoms with E-state index >= 15 is 0 Å². The molecule has 1 aromatic heterocycles. The molecule has 0 fully saturated rings. The zero-order valence-corrected chi connectivity index (χ0v) is 12.8. The third-order valence-electron chi connectivity index (χ3n) is 3.44. The van der Waals surface area contributed by atoms with Gasteiger partial charge in [0.2, 0.25) is 0 Å². The average Bonchev–Trinajstić information content (AvgIpc) is 3.05. The first kappa shape index (κ1) is 15.5. The molecule has 0 bridgehead atoms. The van der Waals surface area contributed by atoms with E-state index in [1.165, 1.54) is 19.1 Å². The first-order valence-electron chi connectivity index (χ1n) is 7.22. The van der Waals surface area contributed by atoms with E-state index in [0.29, 0.717) is 16.8 Å². The van der Waals surface area contributed by atoms with Gasteiger partial charge < -0.3 is 14.9 Å². The molecule has 1 heterocycles. The van der Waals surface area contributed by atoms with E-state index in [4.69, 9.17) is 4.52 Å². The number of carbonyl (C=O) groups excluding carboxylic acids is 2. The average molecular weight is 322 g/mol. The van der Waals surface area contributed by atoms with Crippen LogP contribution < -0.4 is 5.32 Å². The maximum atomic E-state index is 12.2. The number of aromatic hydroxyl groups is 1. The van der Waals surface area contributed by atoms with E-state index in [2.05, 4.69) is 10.5 Å². The molecule has 2 N–H and O–H groups in total. The highest BCUT2D eigenvalue weighted by atomic mass is 16.5. The van der Waals surface area contributed by atoms with Gasteiger partial charge in [-0.25, -0.2) is 0 Å². The van der Waals surface area contributed by atoms with Crippen molar-refractivity contribution in [3.05, 3.63) is 65.9 Å². The van der Waals surface area contributed by atoms with Gasteiger partial charge >= 0.3 is 0 Å². The summed E-state index contributed by atoms with van der Waals surface area (Å²) in [6, 6.07) is 14.7. The third kappa shape index (κ3) is 3.17. The molecule has 0 atom stereocenters. The summed E-state index contributed by atoms with van der Waals surface area (Å²) in [6.45, 7) is 1.46. The number of hydrogen-bond donors (Lipinski definition) is 2. The summed E-state index contributed by atoms with van der Waals surface area (Å²) in [7, 11) is 0. The van der Waals surface area contributed by atoms with Gasteiger partial charge in [0.1, 0.15) is 5.75 Å². The molecule has 0 aliphatic rings. The van der Waals surface area contributed by atoms with E-state index in [-0.39, 0.29) is 23.0 Å². The maximum Gasteiger partial charge on any atom is 0.277 e. The summed E-state index contributed by atoms with van der Waals surface area (Å²) < 4.78 is 5.13. The van der Waals surface area contributed by atoms with Crippen molar-refractivity contribution >= 4 is 17.4 Å². The van der Waals surface area contributed by atoms with E-state index < -0.39 is 5.91 Å². The lowest BCUT2D eigenvalue weighted by atomic mass is 10.1. The van der Waals surface area contributed by atoms with Crippen LogP contribution in [0.5, 0.6) is 5.75 Å². The van der Waals surface area contributed by atoms with Gasteiger partial charge in [0.15, 0.2) is 17.2 Å². The number of nitrogens with zero attached hydrogens (tertiary/aromatic N) is 1. The minimum atomic E-state index is -0.471. The number of aromatic nitrogens is 1. The van der Waals surface area contributed by atoms with Crippen molar-refractivity contribution in [2.45, 2.75) is 6.92 Å². The number of anilines is 1. The van der Waals surface area contributed by atoms with Crippen molar-refractivity contribution in [2.24, 2.45) is 0 Å². The standard InChI is InChI=1S/C18H14N2O4/c1-11(21)12-5-4-6-13(9-12)19-18(23)15-10-17(24-20-15)14-7-2-3-8-16(14)22/h2-10,22H,1H3,(H,19,23). The monoisotopic (exact) mass is 322 g/mol. The molecule has 0 spiro atoms. The smallest absolute Gasteiger partial charge is 0.277 e. The molecule has 2 aromatic carbocycles. The molecule has 120 valence electrons. The molecule has 1 amide bonds. The number of phenols is 1. The maximum absolute atomic E-state index is 12.2. The van der Waals surface area contributed by atoms with Gasteiger partial charge in [0, 0.05) is 17.3 Å². The number of para-hydroxylation sites is 1. The largest absolute Gasteiger partial charge is 0.507 e. The highest BCUT2D eigenvalue weighted by Crippen LogP contribution is 2.29. The van der Waals surface area contributed by atoms with Crippen LogP contribution in [0.3, 0.4) is 0 Å². The van der Waals surface area contributed by atoms with Gasteiger partial charge in [-0.1, -0.05) is 29.4 Å². The van der Waals surface area contributed by atoms with Crippen molar-refractivity contribution in [2.75, 3.05) is 5.32 Å². The second kappa shape index (κ2) is 6.37. The Labute approximate surface area is 137 Å². The fourth-order valence-electron chi connectivity index (χ4n) is 2.20. The first-order valence-corrected chi connectivity index (χ1v) is 7.22. The van der Waals surface area contributed by atoms with Crippen LogP contribution >= 0.6 is 0 Å². The lowest BCUT2D eigenvalue weighted by molar-refractivity contribution is 0.100. The van der Waals surface area contributed by atoms with E-state index in [1.807, 2.05) is 0 Å². The van der Waals surface area contributed by atoms with Gasteiger partial charge in [-0.15, -0.1) is 0 Å². The third-order valence-corrected chi connectivity index (χ3v) is 3.44. The van der Waals surface area contributed by atoms with Crippen LogP contribution in [0, 0.1) is 0 Å². The van der Waals surface area contributed by atoms with Crippen LogP contribution in [0.4, 0.5) is 5.69 Å². The van der Waals surface area contributed by atoms with Crippen LogP contribution in [-0.2, 0) is 0 Å². The summed E-state index contributed by atoms with van der Waals surface area (Å²) in [5, 5.41) is 16.2. The van der Waals surface area contributed by atoms with Gasteiger partial charge in [-0.2, -0.15) is 0 Å². The van der Waals surface area contributed by atoms with Crippen molar-refractivity contribution in [1.29, 1.82) is 0 Å². The minimum Gasteiger partial charge on any atom is -0.507 e. The molecule has 0 saturated carbocycles. The Bertz CT molecular complexity index is 915. The molecule has 0 aliphatic carbocycles. The number of ketones is 1. The molecule has 6 nitrogen and oxygen atoms in total. The molecular formula is C18H14N2O4. The molecule has 24 heavy (non-hydrogen) atoms. The lowest BCUT2D eigenvalue weighted by Gasteiger charge is -2.04. The predicted molar refractivity (Wildman–Crippen MR) is 88.0 cm³/mol. The Kier molecular flexibility index (Phi) is 4.11. The Morgan fingerprint density at radius 1 is 1.08 bits per heavy atom. The van der Waals surface area contributed by atoms with E-state index in [1.54, 1.807) is 42.5 Å². The molecule has 0 unspecified atom stereocenters. The fourth-order valence-corrected chi connectivity index (χ4v) is 2.20.